The topological polar surface area (TPSA) is 62.1 Å². The maximum Gasteiger partial charge on any atom is 0.261 e. The van der Waals surface area contributed by atoms with Gasteiger partial charge in [0.05, 0.1) is 13.1 Å². The third-order valence-corrected chi connectivity index (χ3v) is 7.76. The van der Waals surface area contributed by atoms with E-state index in [0.29, 0.717) is 0 Å². The molecule has 2 atom stereocenters. The minimum atomic E-state index is -1.19. The average Bonchev–Trinajstić information content (AvgIpc) is 3.31. The van der Waals surface area contributed by atoms with Gasteiger partial charge in [0.25, 0.3) is 5.91 Å². The van der Waals surface area contributed by atoms with E-state index in [9.17, 15) is 9.59 Å². The number of azo groups is 1. The van der Waals surface area contributed by atoms with E-state index in [-0.39, 0.29) is 36.7 Å². The minimum Gasteiger partial charge on any atom is -0.275 e. The number of benzene rings is 3. The van der Waals surface area contributed by atoms with Crippen LogP contribution >= 0.6 is 0 Å². The second-order valence-corrected chi connectivity index (χ2v) is 8.94. The first kappa shape index (κ1) is 17.1. The van der Waals surface area contributed by atoms with E-state index >= 15 is 0 Å². The predicted molar refractivity (Wildman–Crippen MR) is 113 cm³/mol. The molecule has 3 aliphatic carbocycles. The fourth-order valence-electron chi connectivity index (χ4n) is 6.64. The summed E-state index contributed by atoms with van der Waals surface area (Å²) in [5, 5.41) is 9.06. The molecule has 0 saturated carbocycles. The minimum absolute atomic E-state index is 0.134. The molecule has 1 saturated heterocycles. The molecule has 0 aromatic heterocycles. The Kier molecular flexibility index (Phi) is 3.06. The molecule has 3 aromatic rings. The highest BCUT2D eigenvalue weighted by molar-refractivity contribution is 6.15. The van der Waals surface area contributed by atoms with Gasteiger partial charge < -0.3 is 0 Å². The highest BCUT2D eigenvalue weighted by Gasteiger charge is 2.82. The number of nitrogens with zero attached hydrogens (tertiary/aromatic N) is 3. The zero-order chi connectivity index (χ0) is 20.8. The lowest BCUT2D eigenvalue weighted by molar-refractivity contribution is -0.142. The number of carbonyl (C=O) groups is 2. The normalized spacial score (nSPS) is 31.4. The quantitative estimate of drug-likeness (QED) is 0.604. The maximum atomic E-state index is 14.1. The van der Waals surface area contributed by atoms with E-state index in [1.165, 1.54) is 4.90 Å². The van der Waals surface area contributed by atoms with Gasteiger partial charge in [-0.3, -0.25) is 14.5 Å². The molecule has 2 bridgehead atoms. The van der Waals surface area contributed by atoms with Gasteiger partial charge in [0.15, 0.2) is 5.54 Å². The Bertz CT molecular complexity index is 1270. The van der Waals surface area contributed by atoms with Crippen molar-refractivity contribution in [1.82, 2.24) is 4.90 Å². The van der Waals surface area contributed by atoms with Crippen molar-refractivity contribution in [2.75, 3.05) is 6.54 Å². The van der Waals surface area contributed by atoms with Crippen LogP contribution in [0.3, 0.4) is 0 Å². The van der Waals surface area contributed by atoms with Crippen LogP contribution in [0.5, 0.6) is 0 Å². The molecular weight excluding hydrogens is 386 g/mol. The van der Waals surface area contributed by atoms with Gasteiger partial charge in [-0.1, -0.05) is 78.9 Å². The van der Waals surface area contributed by atoms with Gasteiger partial charge in [0, 0.05) is 11.8 Å². The summed E-state index contributed by atoms with van der Waals surface area (Å²) in [5.41, 5.74) is 3.25. The van der Waals surface area contributed by atoms with E-state index in [1.54, 1.807) is 0 Å². The van der Waals surface area contributed by atoms with Crippen molar-refractivity contribution >= 4 is 11.8 Å². The molecule has 2 aliphatic heterocycles. The molecule has 31 heavy (non-hydrogen) atoms. The first-order valence-electron chi connectivity index (χ1n) is 10.7. The molecule has 150 valence electrons. The number of rotatable bonds is 2. The van der Waals surface area contributed by atoms with Gasteiger partial charge in [-0.15, -0.1) is 0 Å². The fraction of sp³-hybridized carbons (Fsp3) is 0.231. The molecule has 0 spiro atoms. The summed E-state index contributed by atoms with van der Waals surface area (Å²) in [7, 11) is 0. The SMILES string of the molecule is O=C1N(Cc2ccccc2)C(=O)C23N=NCC12C1c2ccccc2C3c2ccccc21. The first-order valence-corrected chi connectivity index (χ1v) is 10.7. The van der Waals surface area contributed by atoms with Gasteiger partial charge in [0.2, 0.25) is 5.91 Å². The number of imide groups is 1. The Hall–Kier alpha value is -3.60. The van der Waals surface area contributed by atoms with Crippen LogP contribution in [0.1, 0.15) is 39.7 Å². The Morgan fingerprint density at radius 2 is 1.29 bits per heavy atom. The lowest BCUT2D eigenvalue weighted by Crippen LogP contribution is -2.61. The summed E-state index contributed by atoms with van der Waals surface area (Å²) in [6, 6.07) is 26.2. The van der Waals surface area contributed by atoms with Gasteiger partial charge >= 0.3 is 0 Å². The Labute approximate surface area is 179 Å². The zero-order valence-corrected chi connectivity index (χ0v) is 16.7. The molecule has 8 rings (SSSR count). The molecule has 2 unspecified atom stereocenters. The van der Waals surface area contributed by atoms with E-state index < -0.39 is 11.0 Å². The first-order chi connectivity index (χ1) is 15.2. The molecule has 5 aliphatic rings. The monoisotopic (exact) mass is 405 g/mol. The number of hydrogen-bond donors (Lipinski definition) is 0. The summed E-state index contributed by atoms with van der Waals surface area (Å²) in [4.78, 5) is 29.7. The summed E-state index contributed by atoms with van der Waals surface area (Å²) < 4.78 is 0. The fourth-order valence-corrected chi connectivity index (χ4v) is 6.64. The van der Waals surface area contributed by atoms with E-state index in [4.69, 9.17) is 0 Å². The second-order valence-electron chi connectivity index (χ2n) is 8.94. The van der Waals surface area contributed by atoms with Crippen molar-refractivity contribution in [3.63, 3.8) is 0 Å². The summed E-state index contributed by atoms with van der Waals surface area (Å²) in [6.07, 6.45) is 0. The standard InChI is InChI=1S/C26H19N3O2/c30-23-25-15-27-28-26(25,24(31)29(23)14-16-8-2-1-3-9-16)22-19-12-6-4-10-17(19)21(25)18-11-5-7-13-20(18)22/h1-13,21-22H,14-15H2. The van der Waals surface area contributed by atoms with Crippen molar-refractivity contribution < 1.29 is 9.59 Å². The van der Waals surface area contributed by atoms with Crippen molar-refractivity contribution in [3.05, 3.63) is 107 Å². The van der Waals surface area contributed by atoms with Crippen molar-refractivity contribution in [2.45, 2.75) is 23.9 Å². The Morgan fingerprint density at radius 1 is 0.742 bits per heavy atom. The molecule has 3 aromatic carbocycles. The third-order valence-electron chi connectivity index (χ3n) is 7.76. The van der Waals surface area contributed by atoms with E-state index in [1.807, 2.05) is 54.6 Å². The van der Waals surface area contributed by atoms with Crippen LogP contribution in [-0.2, 0) is 16.1 Å². The summed E-state index contributed by atoms with van der Waals surface area (Å²) in [5.74, 6) is -0.863. The van der Waals surface area contributed by atoms with Crippen molar-refractivity contribution in [2.24, 2.45) is 15.6 Å². The number of amides is 2. The number of hydrogen-bond acceptors (Lipinski definition) is 4. The van der Waals surface area contributed by atoms with Gasteiger partial charge in [-0.2, -0.15) is 10.2 Å². The largest absolute Gasteiger partial charge is 0.275 e. The molecule has 0 radical (unpaired) electrons. The molecule has 2 amide bonds. The van der Waals surface area contributed by atoms with Gasteiger partial charge in [-0.25, -0.2) is 0 Å². The average molecular weight is 405 g/mol. The molecule has 0 N–H and O–H groups in total. The highest BCUT2D eigenvalue weighted by Crippen LogP contribution is 2.72. The van der Waals surface area contributed by atoms with E-state index in [0.717, 1.165) is 27.8 Å². The smallest absolute Gasteiger partial charge is 0.261 e. The van der Waals surface area contributed by atoms with Gasteiger partial charge in [-0.05, 0) is 27.8 Å². The highest BCUT2D eigenvalue weighted by atomic mass is 16.2. The van der Waals surface area contributed by atoms with Crippen molar-refractivity contribution in [1.29, 1.82) is 0 Å². The summed E-state index contributed by atoms with van der Waals surface area (Å²) in [6.45, 7) is 0.524. The molecule has 5 heteroatoms. The van der Waals surface area contributed by atoms with Crippen LogP contribution in [0.4, 0.5) is 0 Å². The Morgan fingerprint density at radius 3 is 1.90 bits per heavy atom. The summed E-state index contributed by atoms with van der Waals surface area (Å²) >= 11 is 0. The molecule has 2 heterocycles. The lowest BCUT2D eigenvalue weighted by Gasteiger charge is -2.54. The zero-order valence-electron chi connectivity index (χ0n) is 16.7. The van der Waals surface area contributed by atoms with Gasteiger partial charge in [0.1, 0.15) is 5.41 Å². The molecular formula is C26H19N3O2. The van der Waals surface area contributed by atoms with Crippen LogP contribution < -0.4 is 0 Å². The Balaban J connectivity index is 1.51. The van der Waals surface area contributed by atoms with Crippen molar-refractivity contribution in [3.8, 4) is 0 Å². The lowest BCUT2D eigenvalue weighted by atomic mass is 9.45. The number of carbonyl (C=O) groups excluding carboxylic acids is 2. The molecule has 5 nitrogen and oxygen atoms in total. The van der Waals surface area contributed by atoms with Crippen LogP contribution in [0.2, 0.25) is 0 Å². The molecule has 1 fully saturated rings. The predicted octanol–water partition coefficient (Wildman–Crippen LogP) is 4.04. The maximum absolute atomic E-state index is 14.1. The van der Waals surface area contributed by atoms with Crippen LogP contribution in [0.15, 0.2) is 89.1 Å². The number of likely N-dealkylation sites (tertiary alicyclic amines) is 1. The van der Waals surface area contributed by atoms with E-state index in [2.05, 4.69) is 34.5 Å². The third kappa shape index (κ3) is 1.73. The van der Waals surface area contributed by atoms with Crippen LogP contribution in [0, 0.1) is 5.41 Å². The second kappa shape index (κ2) is 5.55. The van der Waals surface area contributed by atoms with Crippen LogP contribution in [-0.4, -0.2) is 28.8 Å². The van der Waals surface area contributed by atoms with Crippen LogP contribution in [0.25, 0.3) is 0 Å².